The highest BCUT2D eigenvalue weighted by Gasteiger charge is 2.39. The van der Waals surface area contributed by atoms with E-state index in [4.69, 9.17) is 0 Å². The van der Waals surface area contributed by atoms with Crippen LogP contribution in [0.25, 0.3) is 0 Å². The van der Waals surface area contributed by atoms with E-state index in [9.17, 15) is 14.3 Å². The molecule has 0 aliphatic heterocycles. The normalized spacial score (nSPS) is 24.7. The second kappa shape index (κ2) is 3.33. The van der Waals surface area contributed by atoms with Gasteiger partial charge in [0.2, 0.25) is 0 Å². The molecule has 15 heavy (non-hydrogen) atoms. The Kier molecular flexibility index (Phi) is 2.25. The molecule has 0 saturated heterocycles. The molecule has 1 aliphatic rings. The summed E-state index contributed by atoms with van der Waals surface area (Å²) in [4.78, 5) is 11.2. The van der Waals surface area contributed by atoms with E-state index in [-0.39, 0.29) is 5.82 Å². The lowest BCUT2D eigenvalue weighted by Crippen LogP contribution is -2.36. The number of carbonyl (C=O) groups is 1. The first-order valence-corrected chi connectivity index (χ1v) is 5.07. The van der Waals surface area contributed by atoms with Gasteiger partial charge < -0.3 is 5.11 Å². The summed E-state index contributed by atoms with van der Waals surface area (Å²) in [6, 6.07) is 4.71. The minimum Gasteiger partial charge on any atom is -0.481 e. The molecule has 0 bridgehead atoms. The average molecular weight is 208 g/mol. The zero-order chi connectivity index (χ0) is 11.1. The van der Waals surface area contributed by atoms with E-state index in [1.807, 2.05) is 0 Å². The Morgan fingerprint density at radius 1 is 1.53 bits per heavy atom. The van der Waals surface area contributed by atoms with Gasteiger partial charge in [-0.05, 0) is 43.4 Å². The molecule has 1 aliphatic carbocycles. The molecule has 1 aromatic rings. The molecule has 3 heteroatoms. The van der Waals surface area contributed by atoms with E-state index < -0.39 is 11.4 Å². The number of benzene rings is 1. The van der Waals surface area contributed by atoms with Gasteiger partial charge in [-0.1, -0.05) is 12.1 Å². The third-order valence-electron chi connectivity index (χ3n) is 3.29. The number of hydrogen-bond acceptors (Lipinski definition) is 1. The maximum absolute atomic E-state index is 13.5. The van der Waals surface area contributed by atoms with Crippen molar-refractivity contribution in [1.82, 2.24) is 0 Å². The van der Waals surface area contributed by atoms with Crippen LogP contribution in [0.2, 0.25) is 0 Å². The Bertz CT molecular complexity index is 414. The van der Waals surface area contributed by atoms with Crippen molar-refractivity contribution in [2.45, 2.75) is 31.6 Å². The molecule has 0 saturated carbocycles. The minimum atomic E-state index is -0.921. The summed E-state index contributed by atoms with van der Waals surface area (Å²) in [6.07, 6.45) is 1.96. The van der Waals surface area contributed by atoms with Crippen molar-refractivity contribution in [2.24, 2.45) is 0 Å². The fourth-order valence-corrected chi connectivity index (χ4v) is 2.31. The smallest absolute Gasteiger partial charge is 0.313 e. The Balaban J connectivity index is 2.61. The molecule has 2 nitrogen and oxygen atoms in total. The van der Waals surface area contributed by atoms with Gasteiger partial charge in [-0.15, -0.1) is 0 Å². The topological polar surface area (TPSA) is 37.3 Å². The lowest BCUT2D eigenvalue weighted by Gasteiger charge is -2.32. The predicted molar refractivity (Wildman–Crippen MR) is 54.3 cm³/mol. The Hall–Kier alpha value is -1.38. The molecule has 2 rings (SSSR count). The van der Waals surface area contributed by atoms with Crippen molar-refractivity contribution in [3.63, 3.8) is 0 Å². The van der Waals surface area contributed by atoms with E-state index in [1.165, 1.54) is 6.07 Å². The summed E-state index contributed by atoms with van der Waals surface area (Å²) < 4.78 is 13.5. The summed E-state index contributed by atoms with van der Waals surface area (Å²) in [7, 11) is 0. The molecule has 1 atom stereocenters. The van der Waals surface area contributed by atoms with Crippen molar-refractivity contribution in [1.29, 1.82) is 0 Å². The van der Waals surface area contributed by atoms with Gasteiger partial charge in [-0.2, -0.15) is 0 Å². The van der Waals surface area contributed by atoms with Crippen LogP contribution >= 0.6 is 0 Å². The number of carboxylic acid groups (broad SMARTS) is 1. The first-order chi connectivity index (χ1) is 7.05. The monoisotopic (exact) mass is 208 g/mol. The van der Waals surface area contributed by atoms with E-state index in [1.54, 1.807) is 19.1 Å². The van der Waals surface area contributed by atoms with Crippen molar-refractivity contribution in [3.05, 3.63) is 35.1 Å². The molecular weight excluding hydrogens is 195 g/mol. The Morgan fingerprint density at radius 2 is 2.27 bits per heavy atom. The van der Waals surface area contributed by atoms with Gasteiger partial charge in [0, 0.05) is 0 Å². The minimum absolute atomic E-state index is 0.278. The van der Waals surface area contributed by atoms with Gasteiger partial charge in [0.1, 0.15) is 5.82 Å². The number of aliphatic carboxylic acids is 1. The van der Waals surface area contributed by atoms with Crippen LogP contribution in [0.4, 0.5) is 4.39 Å². The number of hydrogen-bond donors (Lipinski definition) is 1. The maximum atomic E-state index is 13.5. The summed E-state index contributed by atoms with van der Waals surface area (Å²) in [5.74, 6) is -1.14. The molecule has 0 amide bonds. The van der Waals surface area contributed by atoms with Gasteiger partial charge in [0.25, 0.3) is 0 Å². The number of rotatable bonds is 1. The van der Waals surface area contributed by atoms with Crippen LogP contribution in [0.1, 0.15) is 30.9 Å². The first kappa shape index (κ1) is 10.1. The third-order valence-corrected chi connectivity index (χ3v) is 3.29. The van der Waals surface area contributed by atoms with E-state index in [2.05, 4.69) is 0 Å². The van der Waals surface area contributed by atoms with E-state index in [0.29, 0.717) is 24.0 Å². The van der Waals surface area contributed by atoms with Crippen molar-refractivity contribution in [2.75, 3.05) is 0 Å². The van der Waals surface area contributed by atoms with Crippen LogP contribution in [-0.2, 0) is 16.6 Å². The van der Waals surface area contributed by atoms with Gasteiger partial charge in [-0.25, -0.2) is 4.39 Å². The zero-order valence-corrected chi connectivity index (χ0v) is 8.59. The third kappa shape index (κ3) is 1.42. The van der Waals surface area contributed by atoms with Crippen LogP contribution < -0.4 is 0 Å². The van der Waals surface area contributed by atoms with Crippen LogP contribution in [0.3, 0.4) is 0 Å². The number of fused-ring (bicyclic) bond motifs is 1. The molecular formula is C12H13FO2. The molecule has 0 aromatic heterocycles. The van der Waals surface area contributed by atoms with Crippen LogP contribution in [0.5, 0.6) is 0 Å². The number of carboxylic acids is 1. The van der Waals surface area contributed by atoms with Crippen molar-refractivity contribution in [3.8, 4) is 0 Å². The average Bonchev–Trinajstić information content (AvgIpc) is 2.20. The molecule has 0 heterocycles. The highest BCUT2D eigenvalue weighted by atomic mass is 19.1. The summed E-state index contributed by atoms with van der Waals surface area (Å²) in [6.45, 7) is 1.67. The highest BCUT2D eigenvalue weighted by molar-refractivity contribution is 5.81. The standard InChI is InChI=1S/C12H13FO2/c1-12(11(14)15)7-3-4-8-9(12)5-2-6-10(8)13/h2,5-6H,3-4,7H2,1H3,(H,14,15). The largest absolute Gasteiger partial charge is 0.481 e. The van der Waals surface area contributed by atoms with E-state index in [0.717, 1.165) is 6.42 Å². The van der Waals surface area contributed by atoms with Gasteiger partial charge in [0.15, 0.2) is 0 Å². The molecule has 0 fully saturated rings. The first-order valence-electron chi connectivity index (χ1n) is 5.07. The predicted octanol–water partition coefficient (Wildman–Crippen LogP) is 2.50. The SMILES string of the molecule is CC1(C(=O)O)CCCc2c(F)cccc21. The highest BCUT2D eigenvalue weighted by Crippen LogP contribution is 2.38. The Labute approximate surface area is 87.7 Å². The summed E-state index contributed by atoms with van der Waals surface area (Å²) in [5, 5.41) is 9.21. The molecule has 1 unspecified atom stereocenters. The van der Waals surface area contributed by atoms with Crippen LogP contribution in [0.15, 0.2) is 18.2 Å². The maximum Gasteiger partial charge on any atom is 0.313 e. The fourth-order valence-electron chi connectivity index (χ4n) is 2.31. The fraction of sp³-hybridized carbons (Fsp3) is 0.417. The van der Waals surface area contributed by atoms with Gasteiger partial charge in [0.05, 0.1) is 5.41 Å². The lowest BCUT2D eigenvalue weighted by atomic mass is 9.71. The van der Waals surface area contributed by atoms with Crippen molar-refractivity contribution < 1.29 is 14.3 Å². The molecule has 1 aromatic carbocycles. The molecule has 0 spiro atoms. The second-order valence-corrected chi connectivity index (χ2v) is 4.26. The molecule has 0 radical (unpaired) electrons. The number of halogens is 1. The quantitative estimate of drug-likeness (QED) is 0.769. The van der Waals surface area contributed by atoms with E-state index >= 15 is 0 Å². The summed E-state index contributed by atoms with van der Waals surface area (Å²) >= 11 is 0. The zero-order valence-electron chi connectivity index (χ0n) is 8.59. The van der Waals surface area contributed by atoms with Gasteiger partial charge in [-0.3, -0.25) is 4.79 Å². The van der Waals surface area contributed by atoms with Crippen LogP contribution in [0, 0.1) is 5.82 Å². The second-order valence-electron chi connectivity index (χ2n) is 4.26. The van der Waals surface area contributed by atoms with Gasteiger partial charge >= 0.3 is 5.97 Å². The van der Waals surface area contributed by atoms with Crippen molar-refractivity contribution >= 4 is 5.97 Å². The lowest BCUT2D eigenvalue weighted by molar-refractivity contribution is -0.143. The van der Waals surface area contributed by atoms with Crippen LogP contribution in [-0.4, -0.2) is 11.1 Å². The molecule has 1 N–H and O–H groups in total. The Morgan fingerprint density at radius 3 is 2.93 bits per heavy atom. The summed E-state index contributed by atoms with van der Waals surface area (Å²) in [5.41, 5.74) is 0.297. The molecule has 80 valence electrons.